The minimum atomic E-state index is -0.422. The molecular weight excluding hydrogens is 504 g/mol. The number of ether oxygens (including phenoxy) is 2. The number of unbranched alkanes of at least 4 members (excludes halogenated alkanes) is 7. The van der Waals surface area contributed by atoms with Crippen LogP contribution in [0.3, 0.4) is 0 Å². The number of esters is 1. The van der Waals surface area contributed by atoms with E-state index in [1.165, 1.54) is 44.9 Å². The molecule has 3 rings (SSSR count). The van der Waals surface area contributed by atoms with E-state index in [2.05, 4.69) is 33.1 Å². The van der Waals surface area contributed by atoms with Crippen LogP contribution in [0.25, 0.3) is 0 Å². The first-order valence-electron chi connectivity index (χ1n) is 12.4. The van der Waals surface area contributed by atoms with Gasteiger partial charge < -0.3 is 9.47 Å². The van der Waals surface area contributed by atoms with Gasteiger partial charge in [-0.2, -0.15) is 10.2 Å². The number of hydrogen-bond acceptors (Lipinski definition) is 5. The molecule has 0 aliphatic heterocycles. The number of carbonyl (C=O) groups is 1. The number of benzene rings is 3. The number of hydrogen-bond donors (Lipinski definition) is 0. The lowest BCUT2D eigenvalue weighted by Crippen LogP contribution is -2.07. The molecular formula is C29H33BrN2O3. The molecule has 5 nitrogen and oxygen atoms in total. The lowest BCUT2D eigenvalue weighted by atomic mass is 10.1. The summed E-state index contributed by atoms with van der Waals surface area (Å²) in [5.74, 6) is 0.910. The summed E-state index contributed by atoms with van der Waals surface area (Å²) >= 11 is 3.36. The Labute approximate surface area is 216 Å². The standard InChI is InChI=1S/C29H33BrN2O3/c1-2-3-4-5-6-7-8-9-21-34-27-19-17-26(18-20-27)32-31-25-15-13-23(14-16-25)29(33)35-28-12-10-11-24(30)22-28/h10-20,22H,2-9,21H2,1H3. The van der Waals surface area contributed by atoms with Gasteiger partial charge in [0.25, 0.3) is 0 Å². The molecule has 0 fully saturated rings. The smallest absolute Gasteiger partial charge is 0.343 e. The molecule has 0 bridgehead atoms. The summed E-state index contributed by atoms with van der Waals surface area (Å²) in [4.78, 5) is 12.3. The third-order valence-corrected chi connectivity index (χ3v) is 5.99. The minimum absolute atomic E-state index is 0.422. The first kappa shape index (κ1) is 26.6. The Bertz CT molecular complexity index is 1070. The molecule has 6 heteroatoms. The van der Waals surface area contributed by atoms with Crippen molar-refractivity contribution in [2.75, 3.05) is 6.61 Å². The molecule has 0 unspecified atom stereocenters. The molecule has 0 aromatic heterocycles. The Balaban J connectivity index is 1.39. The number of nitrogens with zero attached hydrogens (tertiary/aromatic N) is 2. The van der Waals surface area contributed by atoms with Gasteiger partial charge in [0.05, 0.1) is 23.5 Å². The van der Waals surface area contributed by atoms with Gasteiger partial charge in [-0.25, -0.2) is 4.79 Å². The van der Waals surface area contributed by atoms with Crippen LogP contribution >= 0.6 is 15.9 Å². The SMILES string of the molecule is CCCCCCCCCCOc1ccc(N=Nc2ccc(C(=O)Oc3cccc(Br)c3)cc2)cc1. The third kappa shape index (κ3) is 10.0. The van der Waals surface area contributed by atoms with Crippen LogP contribution in [0.5, 0.6) is 11.5 Å². The first-order chi connectivity index (χ1) is 17.1. The van der Waals surface area contributed by atoms with Crippen LogP contribution in [0, 0.1) is 0 Å². The largest absolute Gasteiger partial charge is 0.494 e. The summed E-state index contributed by atoms with van der Waals surface area (Å²) in [6.07, 6.45) is 10.3. The zero-order chi connectivity index (χ0) is 24.7. The van der Waals surface area contributed by atoms with Crippen molar-refractivity contribution in [1.82, 2.24) is 0 Å². The summed E-state index contributed by atoms with van der Waals surface area (Å²) in [6, 6.07) is 21.6. The van der Waals surface area contributed by atoms with Crippen LogP contribution in [0.2, 0.25) is 0 Å². The number of azo groups is 1. The monoisotopic (exact) mass is 536 g/mol. The molecule has 0 radical (unpaired) electrons. The predicted molar refractivity (Wildman–Crippen MR) is 144 cm³/mol. The maximum atomic E-state index is 12.3. The zero-order valence-corrected chi connectivity index (χ0v) is 21.9. The molecule has 0 saturated heterocycles. The zero-order valence-electron chi connectivity index (χ0n) is 20.3. The average Bonchev–Trinajstić information content (AvgIpc) is 2.87. The summed E-state index contributed by atoms with van der Waals surface area (Å²) in [7, 11) is 0. The van der Waals surface area contributed by atoms with Crippen molar-refractivity contribution >= 4 is 33.3 Å². The molecule has 0 aliphatic rings. The van der Waals surface area contributed by atoms with Crippen LogP contribution in [0.15, 0.2) is 87.5 Å². The minimum Gasteiger partial charge on any atom is -0.494 e. The summed E-state index contributed by atoms with van der Waals surface area (Å²) in [5.41, 5.74) is 1.84. The summed E-state index contributed by atoms with van der Waals surface area (Å²) in [5, 5.41) is 8.52. The highest BCUT2D eigenvalue weighted by Crippen LogP contribution is 2.23. The summed E-state index contributed by atoms with van der Waals surface area (Å²) < 4.78 is 12.1. The Morgan fingerprint density at radius 3 is 1.97 bits per heavy atom. The second-order valence-corrected chi connectivity index (χ2v) is 9.33. The van der Waals surface area contributed by atoms with E-state index in [4.69, 9.17) is 9.47 Å². The predicted octanol–water partition coefficient (Wildman–Crippen LogP) is 9.60. The molecule has 35 heavy (non-hydrogen) atoms. The molecule has 184 valence electrons. The van der Waals surface area contributed by atoms with Gasteiger partial charge in [0.15, 0.2) is 0 Å². The fraction of sp³-hybridized carbons (Fsp3) is 0.345. The van der Waals surface area contributed by atoms with Crippen LogP contribution < -0.4 is 9.47 Å². The van der Waals surface area contributed by atoms with Crippen molar-refractivity contribution < 1.29 is 14.3 Å². The van der Waals surface area contributed by atoms with E-state index in [1.807, 2.05) is 36.4 Å². The van der Waals surface area contributed by atoms with Crippen LogP contribution in [-0.4, -0.2) is 12.6 Å². The first-order valence-corrected chi connectivity index (χ1v) is 13.2. The highest BCUT2D eigenvalue weighted by molar-refractivity contribution is 9.10. The fourth-order valence-electron chi connectivity index (χ4n) is 3.51. The van der Waals surface area contributed by atoms with Crippen molar-refractivity contribution in [2.45, 2.75) is 58.3 Å². The lowest BCUT2D eigenvalue weighted by molar-refractivity contribution is 0.0734. The van der Waals surface area contributed by atoms with E-state index in [1.54, 1.807) is 36.4 Å². The summed E-state index contributed by atoms with van der Waals surface area (Å²) in [6.45, 7) is 2.99. The topological polar surface area (TPSA) is 60.2 Å². The Morgan fingerprint density at radius 1 is 0.743 bits per heavy atom. The number of rotatable bonds is 14. The molecule has 0 spiro atoms. The van der Waals surface area contributed by atoms with Crippen molar-refractivity contribution in [2.24, 2.45) is 10.2 Å². The highest BCUT2D eigenvalue weighted by Gasteiger charge is 2.08. The van der Waals surface area contributed by atoms with Gasteiger partial charge in [-0.3, -0.25) is 0 Å². The van der Waals surface area contributed by atoms with E-state index in [9.17, 15) is 4.79 Å². The van der Waals surface area contributed by atoms with Gasteiger partial charge in [-0.05, 0) is 73.2 Å². The van der Waals surface area contributed by atoms with Crippen molar-refractivity contribution in [1.29, 1.82) is 0 Å². The quantitative estimate of drug-likeness (QED) is 0.0890. The molecule has 3 aromatic carbocycles. The highest BCUT2D eigenvalue weighted by atomic mass is 79.9. The molecule has 0 heterocycles. The number of carbonyl (C=O) groups excluding carboxylic acids is 1. The third-order valence-electron chi connectivity index (χ3n) is 5.49. The van der Waals surface area contributed by atoms with Gasteiger partial charge in [0, 0.05) is 4.47 Å². The normalized spacial score (nSPS) is 11.0. The fourth-order valence-corrected chi connectivity index (χ4v) is 3.89. The van der Waals surface area contributed by atoms with E-state index in [-0.39, 0.29) is 0 Å². The molecule has 0 saturated carbocycles. The molecule has 0 atom stereocenters. The molecule has 0 amide bonds. The van der Waals surface area contributed by atoms with E-state index in [0.29, 0.717) is 17.0 Å². The maximum absolute atomic E-state index is 12.3. The van der Waals surface area contributed by atoms with E-state index >= 15 is 0 Å². The maximum Gasteiger partial charge on any atom is 0.343 e. The Kier molecular flexibility index (Phi) is 11.5. The molecule has 0 aliphatic carbocycles. The van der Waals surface area contributed by atoms with Crippen molar-refractivity contribution in [3.05, 3.63) is 82.8 Å². The van der Waals surface area contributed by atoms with Crippen molar-refractivity contribution in [3.8, 4) is 11.5 Å². The Hall–Kier alpha value is -2.99. The van der Waals surface area contributed by atoms with Gasteiger partial charge in [-0.1, -0.05) is 73.9 Å². The van der Waals surface area contributed by atoms with Crippen molar-refractivity contribution in [3.63, 3.8) is 0 Å². The molecule has 3 aromatic rings. The second kappa shape index (κ2) is 15.1. The number of halogens is 1. The van der Waals surface area contributed by atoms with Gasteiger partial charge in [0.2, 0.25) is 0 Å². The lowest BCUT2D eigenvalue weighted by Gasteiger charge is -2.06. The van der Waals surface area contributed by atoms with Gasteiger partial charge >= 0.3 is 5.97 Å². The van der Waals surface area contributed by atoms with E-state index < -0.39 is 5.97 Å². The average molecular weight is 537 g/mol. The second-order valence-electron chi connectivity index (χ2n) is 8.41. The Morgan fingerprint density at radius 2 is 1.34 bits per heavy atom. The van der Waals surface area contributed by atoms with Crippen LogP contribution in [-0.2, 0) is 0 Å². The molecule has 0 N–H and O–H groups in total. The van der Waals surface area contributed by atoms with Gasteiger partial charge in [-0.15, -0.1) is 0 Å². The van der Waals surface area contributed by atoms with Gasteiger partial charge in [0.1, 0.15) is 11.5 Å². The van der Waals surface area contributed by atoms with Crippen LogP contribution in [0.1, 0.15) is 68.6 Å². The van der Waals surface area contributed by atoms with E-state index in [0.717, 1.165) is 28.9 Å². The van der Waals surface area contributed by atoms with Crippen LogP contribution in [0.4, 0.5) is 11.4 Å².